The lowest BCUT2D eigenvalue weighted by Gasteiger charge is -2.34. The smallest absolute Gasteiger partial charge is 0.260 e. The van der Waals surface area contributed by atoms with E-state index in [0.717, 1.165) is 42.9 Å². The average molecular weight is 389 g/mol. The zero-order valence-electron chi connectivity index (χ0n) is 16.8. The largest absolute Gasteiger partial charge is 0.507 e. The molecule has 3 aromatic rings. The van der Waals surface area contributed by atoms with Gasteiger partial charge in [-0.1, -0.05) is 42.8 Å². The van der Waals surface area contributed by atoms with E-state index in [-0.39, 0.29) is 17.4 Å². The van der Waals surface area contributed by atoms with Crippen molar-refractivity contribution in [2.45, 2.75) is 38.8 Å². The van der Waals surface area contributed by atoms with Gasteiger partial charge in [0.15, 0.2) is 0 Å². The molecule has 29 heavy (non-hydrogen) atoms. The van der Waals surface area contributed by atoms with Crippen LogP contribution in [0.5, 0.6) is 5.75 Å². The third-order valence-electron chi connectivity index (χ3n) is 5.70. The lowest BCUT2D eigenvalue weighted by atomic mass is 9.98. The zero-order chi connectivity index (χ0) is 20.2. The molecule has 5 nitrogen and oxygen atoms in total. The van der Waals surface area contributed by atoms with Gasteiger partial charge in [-0.15, -0.1) is 0 Å². The monoisotopic (exact) mass is 389 g/mol. The molecule has 2 aromatic heterocycles. The van der Waals surface area contributed by atoms with Crippen molar-refractivity contribution in [3.8, 4) is 5.75 Å². The van der Waals surface area contributed by atoms with Gasteiger partial charge in [-0.05, 0) is 56.6 Å². The van der Waals surface area contributed by atoms with E-state index in [1.54, 1.807) is 16.8 Å². The summed E-state index contributed by atoms with van der Waals surface area (Å²) < 4.78 is 1.75. The molecule has 0 unspecified atom stereocenters. The molecule has 1 aliphatic rings. The predicted octanol–water partition coefficient (Wildman–Crippen LogP) is 3.88. The molecule has 1 N–H and O–H groups in total. The number of piperidine rings is 1. The third kappa shape index (κ3) is 4.10. The van der Waals surface area contributed by atoms with E-state index in [2.05, 4.69) is 9.88 Å². The second kappa shape index (κ2) is 8.62. The maximum absolute atomic E-state index is 13.6. The first-order valence-corrected chi connectivity index (χ1v) is 10.3. The fourth-order valence-electron chi connectivity index (χ4n) is 4.22. The lowest BCUT2D eigenvalue weighted by Crippen LogP contribution is -2.39. The first-order chi connectivity index (χ1) is 14.1. The van der Waals surface area contributed by atoms with Crippen LogP contribution in [0.2, 0.25) is 0 Å². The molecule has 1 fully saturated rings. The Hall–Kier alpha value is -2.92. The summed E-state index contributed by atoms with van der Waals surface area (Å²) in [6, 6.07) is 17.1. The second-order valence-corrected chi connectivity index (χ2v) is 7.72. The molecule has 5 heteroatoms. The lowest BCUT2D eigenvalue weighted by molar-refractivity contribution is 0.180. The Bertz CT molecular complexity index is 1010. The Kier molecular flexibility index (Phi) is 5.76. The van der Waals surface area contributed by atoms with Gasteiger partial charge in [-0.3, -0.25) is 14.7 Å². The molecular weight excluding hydrogens is 362 g/mol. The van der Waals surface area contributed by atoms with E-state index in [0.29, 0.717) is 12.1 Å². The van der Waals surface area contributed by atoms with Gasteiger partial charge in [0.1, 0.15) is 5.75 Å². The van der Waals surface area contributed by atoms with E-state index >= 15 is 0 Å². The first-order valence-electron chi connectivity index (χ1n) is 10.3. The van der Waals surface area contributed by atoms with Gasteiger partial charge < -0.3 is 9.67 Å². The van der Waals surface area contributed by atoms with Crippen LogP contribution in [0.3, 0.4) is 0 Å². The van der Waals surface area contributed by atoms with Crippen LogP contribution in [-0.2, 0) is 6.54 Å². The minimum atomic E-state index is -0.341. The van der Waals surface area contributed by atoms with Crippen LogP contribution in [0.4, 0.5) is 0 Å². The highest BCUT2D eigenvalue weighted by molar-refractivity contribution is 5.39. The highest BCUT2D eigenvalue weighted by atomic mass is 16.3. The number of nitrogens with zero attached hydrogens (tertiary/aromatic N) is 3. The summed E-state index contributed by atoms with van der Waals surface area (Å²) in [7, 11) is 0. The zero-order valence-corrected chi connectivity index (χ0v) is 16.8. The summed E-state index contributed by atoms with van der Waals surface area (Å²) in [6.07, 6.45) is 5.13. The van der Waals surface area contributed by atoms with E-state index in [4.69, 9.17) is 0 Å². The SMILES string of the molecule is Cc1cc(O)c([C@@H](c2ccccn2)N2CCCCC2)c(=O)n1Cc1ccccc1. The molecule has 4 rings (SSSR count). The van der Waals surface area contributed by atoms with Crippen LogP contribution in [0.15, 0.2) is 65.6 Å². The molecule has 1 aromatic carbocycles. The molecule has 1 atom stereocenters. The van der Waals surface area contributed by atoms with Crippen molar-refractivity contribution in [2.24, 2.45) is 0 Å². The maximum Gasteiger partial charge on any atom is 0.260 e. The Morgan fingerprint density at radius 1 is 1.03 bits per heavy atom. The summed E-state index contributed by atoms with van der Waals surface area (Å²) in [5.74, 6) is 0.0537. The van der Waals surface area contributed by atoms with Crippen molar-refractivity contribution in [2.75, 3.05) is 13.1 Å². The fraction of sp³-hybridized carbons (Fsp3) is 0.333. The maximum atomic E-state index is 13.6. The number of aromatic nitrogens is 2. The molecule has 0 bridgehead atoms. The average Bonchev–Trinajstić information content (AvgIpc) is 2.76. The van der Waals surface area contributed by atoms with Crippen molar-refractivity contribution < 1.29 is 5.11 Å². The van der Waals surface area contributed by atoms with Crippen LogP contribution < -0.4 is 5.56 Å². The number of rotatable bonds is 5. The minimum absolute atomic E-state index is 0.0537. The molecule has 1 saturated heterocycles. The number of hydrogen-bond acceptors (Lipinski definition) is 4. The number of aryl methyl sites for hydroxylation is 1. The number of benzene rings is 1. The molecule has 0 aliphatic carbocycles. The Balaban J connectivity index is 1.84. The summed E-state index contributed by atoms with van der Waals surface area (Å²) in [4.78, 5) is 20.5. The molecule has 0 radical (unpaired) electrons. The van der Waals surface area contributed by atoms with Crippen molar-refractivity contribution >= 4 is 0 Å². The molecular formula is C24H27N3O2. The quantitative estimate of drug-likeness (QED) is 0.719. The van der Waals surface area contributed by atoms with Crippen LogP contribution >= 0.6 is 0 Å². The van der Waals surface area contributed by atoms with Crippen LogP contribution in [0, 0.1) is 6.92 Å². The highest BCUT2D eigenvalue weighted by Crippen LogP contribution is 2.33. The first kappa shape index (κ1) is 19.4. The topological polar surface area (TPSA) is 58.4 Å². The standard InChI is InChI=1S/C24H27N3O2/c1-18-16-21(28)22(24(29)27(18)17-19-10-4-2-5-11-19)23(20-12-6-7-13-25-20)26-14-8-3-9-15-26/h2,4-7,10-13,16,23,28H,3,8-9,14-15,17H2,1H3/t23-/m1/s1. The molecule has 1 aliphatic heterocycles. The normalized spacial score (nSPS) is 15.9. The number of pyridine rings is 2. The molecule has 150 valence electrons. The molecule has 0 amide bonds. The van der Waals surface area contributed by atoms with Gasteiger partial charge in [0.05, 0.1) is 23.8 Å². The van der Waals surface area contributed by atoms with Crippen LogP contribution in [-0.4, -0.2) is 32.6 Å². The molecule has 0 spiro atoms. The second-order valence-electron chi connectivity index (χ2n) is 7.72. The van der Waals surface area contributed by atoms with Gasteiger partial charge in [0.25, 0.3) is 5.56 Å². The van der Waals surface area contributed by atoms with Gasteiger partial charge in [-0.2, -0.15) is 0 Å². The fourth-order valence-corrected chi connectivity index (χ4v) is 4.22. The number of hydrogen-bond donors (Lipinski definition) is 1. The summed E-state index contributed by atoms with van der Waals surface area (Å²) in [5, 5.41) is 10.9. The Morgan fingerprint density at radius 2 is 1.76 bits per heavy atom. The van der Waals surface area contributed by atoms with E-state index in [1.165, 1.54) is 6.42 Å². The van der Waals surface area contributed by atoms with Gasteiger partial charge >= 0.3 is 0 Å². The van der Waals surface area contributed by atoms with Crippen molar-refractivity contribution in [1.82, 2.24) is 14.5 Å². The Morgan fingerprint density at radius 3 is 2.45 bits per heavy atom. The summed E-state index contributed by atoms with van der Waals surface area (Å²) in [6.45, 7) is 4.14. The van der Waals surface area contributed by atoms with Gasteiger partial charge in [0.2, 0.25) is 0 Å². The number of likely N-dealkylation sites (tertiary alicyclic amines) is 1. The molecule has 0 saturated carbocycles. The van der Waals surface area contributed by atoms with Crippen molar-refractivity contribution in [3.63, 3.8) is 0 Å². The molecule has 3 heterocycles. The van der Waals surface area contributed by atoms with Crippen LogP contribution in [0.25, 0.3) is 0 Å². The Labute approximate surface area is 171 Å². The highest BCUT2D eigenvalue weighted by Gasteiger charge is 2.30. The van der Waals surface area contributed by atoms with Gasteiger partial charge in [-0.25, -0.2) is 0 Å². The van der Waals surface area contributed by atoms with Crippen molar-refractivity contribution in [1.29, 1.82) is 0 Å². The third-order valence-corrected chi connectivity index (χ3v) is 5.70. The van der Waals surface area contributed by atoms with E-state index < -0.39 is 0 Å². The van der Waals surface area contributed by atoms with Crippen LogP contribution in [0.1, 0.15) is 47.8 Å². The van der Waals surface area contributed by atoms with Gasteiger partial charge in [0, 0.05) is 11.9 Å². The minimum Gasteiger partial charge on any atom is -0.507 e. The predicted molar refractivity (Wildman–Crippen MR) is 114 cm³/mol. The van der Waals surface area contributed by atoms with Crippen molar-refractivity contribution in [3.05, 3.63) is 93.7 Å². The number of aromatic hydroxyl groups is 1. The summed E-state index contributed by atoms with van der Waals surface area (Å²) >= 11 is 0. The summed E-state index contributed by atoms with van der Waals surface area (Å²) in [5.41, 5.74) is 2.89. The van der Waals surface area contributed by atoms with E-state index in [1.807, 2.05) is 55.5 Å². The van der Waals surface area contributed by atoms with E-state index in [9.17, 15) is 9.90 Å².